The molecule has 0 radical (unpaired) electrons. The van der Waals surface area contributed by atoms with Gasteiger partial charge < -0.3 is 30.0 Å². The fourth-order valence-electron chi connectivity index (χ4n) is 3.27. The largest absolute Gasteiger partial charge is 0.493 e. The van der Waals surface area contributed by atoms with E-state index in [9.17, 15) is 9.59 Å². The second kappa shape index (κ2) is 10.6. The lowest BCUT2D eigenvalue weighted by Crippen LogP contribution is -2.35. The van der Waals surface area contributed by atoms with Crippen molar-refractivity contribution >= 4 is 17.5 Å². The Morgan fingerprint density at radius 2 is 1.74 bits per heavy atom. The number of carbonyl (C=O) groups excluding carboxylic acids is 2. The van der Waals surface area contributed by atoms with Crippen LogP contribution >= 0.6 is 0 Å². The summed E-state index contributed by atoms with van der Waals surface area (Å²) in [5.74, 6) is -0.247. The van der Waals surface area contributed by atoms with Crippen LogP contribution in [0.25, 0.3) is 0 Å². The maximum absolute atomic E-state index is 13.0. The number of ether oxygens (including phenoxy) is 4. The topological polar surface area (TPSA) is 112 Å². The number of primary amides is 1. The highest BCUT2D eigenvalue weighted by atomic mass is 16.5. The third-order valence-electron chi connectivity index (χ3n) is 4.84. The van der Waals surface area contributed by atoms with Crippen molar-refractivity contribution in [3.05, 3.63) is 47.5 Å². The molecule has 2 aromatic carbocycles. The van der Waals surface area contributed by atoms with Crippen LogP contribution in [0, 0.1) is 0 Å². The molecule has 1 aliphatic rings. The van der Waals surface area contributed by atoms with Crippen LogP contribution in [0.15, 0.2) is 36.4 Å². The van der Waals surface area contributed by atoms with Gasteiger partial charge in [-0.1, -0.05) is 18.2 Å². The molecular weight excluding hydrogens is 402 g/mol. The van der Waals surface area contributed by atoms with Gasteiger partial charge >= 0.3 is 0 Å². The molecular formula is C22H27N3O6. The number of anilines is 1. The molecule has 0 bridgehead atoms. The van der Waals surface area contributed by atoms with Crippen molar-refractivity contribution in [1.29, 1.82) is 0 Å². The first-order valence-corrected chi connectivity index (χ1v) is 9.88. The van der Waals surface area contributed by atoms with Crippen LogP contribution in [0.2, 0.25) is 0 Å². The Hall–Kier alpha value is -3.30. The Kier molecular flexibility index (Phi) is 7.69. The predicted octanol–water partition coefficient (Wildman–Crippen LogP) is 1.65. The molecule has 1 saturated heterocycles. The van der Waals surface area contributed by atoms with Crippen LogP contribution in [0.4, 0.5) is 5.69 Å². The number of nitrogens with one attached hydrogen (secondary N) is 1. The average molecular weight is 429 g/mol. The summed E-state index contributed by atoms with van der Waals surface area (Å²) in [6.07, 6.45) is 0. The Balaban J connectivity index is 1.81. The molecule has 9 heteroatoms. The van der Waals surface area contributed by atoms with E-state index in [1.807, 2.05) is 24.3 Å². The van der Waals surface area contributed by atoms with Gasteiger partial charge in [0.05, 0.1) is 27.4 Å². The van der Waals surface area contributed by atoms with E-state index in [0.29, 0.717) is 25.3 Å². The van der Waals surface area contributed by atoms with E-state index in [-0.39, 0.29) is 29.8 Å². The van der Waals surface area contributed by atoms with E-state index in [1.54, 1.807) is 0 Å². The first kappa shape index (κ1) is 22.4. The van der Waals surface area contributed by atoms with Gasteiger partial charge in [0, 0.05) is 30.9 Å². The summed E-state index contributed by atoms with van der Waals surface area (Å²) in [7, 11) is 2.87. The fourth-order valence-corrected chi connectivity index (χ4v) is 3.27. The number of amides is 2. The molecule has 1 heterocycles. The molecule has 2 aromatic rings. The number of benzene rings is 2. The molecule has 1 fully saturated rings. The molecule has 0 aliphatic carbocycles. The minimum Gasteiger partial charge on any atom is -0.493 e. The van der Waals surface area contributed by atoms with Crippen LogP contribution in [0.3, 0.4) is 0 Å². The molecule has 166 valence electrons. The summed E-state index contributed by atoms with van der Waals surface area (Å²) >= 11 is 0. The van der Waals surface area contributed by atoms with E-state index in [4.69, 9.17) is 24.7 Å². The average Bonchev–Trinajstić information content (AvgIpc) is 2.78. The Bertz CT molecular complexity index is 902. The van der Waals surface area contributed by atoms with Crippen molar-refractivity contribution in [3.63, 3.8) is 0 Å². The number of morpholine rings is 1. The summed E-state index contributed by atoms with van der Waals surface area (Å²) in [5, 5.41) is 2.97. The quantitative estimate of drug-likeness (QED) is 0.623. The molecule has 0 spiro atoms. The zero-order valence-electron chi connectivity index (χ0n) is 17.7. The van der Waals surface area contributed by atoms with Crippen molar-refractivity contribution in [3.8, 4) is 17.2 Å². The van der Waals surface area contributed by atoms with Gasteiger partial charge in [-0.3, -0.25) is 14.5 Å². The summed E-state index contributed by atoms with van der Waals surface area (Å²) < 4.78 is 21.5. The first-order chi connectivity index (χ1) is 15.0. The second-order valence-electron chi connectivity index (χ2n) is 6.96. The smallest absolute Gasteiger partial charge is 0.255 e. The van der Waals surface area contributed by atoms with Crippen molar-refractivity contribution in [2.75, 3.05) is 52.4 Å². The molecule has 2 amide bonds. The molecule has 31 heavy (non-hydrogen) atoms. The van der Waals surface area contributed by atoms with Gasteiger partial charge in [0.15, 0.2) is 18.1 Å². The maximum Gasteiger partial charge on any atom is 0.255 e. The Morgan fingerprint density at radius 3 is 2.35 bits per heavy atom. The van der Waals surface area contributed by atoms with Gasteiger partial charge in [-0.2, -0.15) is 0 Å². The van der Waals surface area contributed by atoms with E-state index in [1.165, 1.54) is 26.4 Å². The molecule has 9 nitrogen and oxygen atoms in total. The monoisotopic (exact) mass is 429 g/mol. The molecule has 3 rings (SSSR count). The number of methoxy groups -OCH3 is 2. The standard InChI is InChI=1S/C22H27N3O6/c1-28-18-11-16(12-19(29-2)21(18)31-14-20(23)26)22(27)24-17-6-4-3-5-15(17)13-25-7-9-30-10-8-25/h3-6,11-12H,7-10,13-14H2,1-2H3,(H2,23,26)(H,24,27). The van der Waals surface area contributed by atoms with Gasteiger partial charge in [-0.05, 0) is 23.8 Å². The number of nitrogens with two attached hydrogens (primary N) is 1. The van der Waals surface area contributed by atoms with E-state index in [2.05, 4.69) is 10.2 Å². The van der Waals surface area contributed by atoms with Gasteiger partial charge in [0.25, 0.3) is 11.8 Å². The van der Waals surface area contributed by atoms with Crippen molar-refractivity contribution in [1.82, 2.24) is 4.90 Å². The van der Waals surface area contributed by atoms with E-state index in [0.717, 1.165) is 24.3 Å². The first-order valence-electron chi connectivity index (χ1n) is 9.88. The predicted molar refractivity (Wildman–Crippen MR) is 115 cm³/mol. The molecule has 0 atom stereocenters. The minimum atomic E-state index is -0.636. The van der Waals surface area contributed by atoms with Crippen LogP contribution in [-0.4, -0.2) is 63.8 Å². The van der Waals surface area contributed by atoms with Gasteiger partial charge in [0.1, 0.15) is 0 Å². The highest BCUT2D eigenvalue weighted by Gasteiger charge is 2.20. The normalized spacial score (nSPS) is 14.0. The SMILES string of the molecule is COc1cc(C(=O)Nc2ccccc2CN2CCOCC2)cc(OC)c1OCC(N)=O. The highest BCUT2D eigenvalue weighted by Crippen LogP contribution is 2.38. The molecule has 0 aromatic heterocycles. The Labute approximate surface area is 181 Å². The number of para-hydroxylation sites is 1. The summed E-state index contributed by atoms with van der Waals surface area (Å²) in [4.78, 5) is 26.4. The van der Waals surface area contributed by atoms with Crippen LogP contribution in [-0.2, 0) is 16.1 Å². The van der Waals surface area contributed by atoms with Gasteiger partial charge in [-0.25, -0.2) is 0 Å². The molecule has 0 unspecified atom stereocenters. The summed E-state index contributed by atoms with van der Waals surface area (Å²) in [6, 6.07) is 10.7. The molecule has 3 N–H and O–H groups in total. The number of hydrogen-bond donors (Lipinski definition) is 2. The zero-order valence-corrected chi connectivity index (χ0v) is 17.7. The Morgan fingerprint density at radius 1 is 1.10 bits per heavy atom. The fraction of sp³-hybridized carbons (Fsp3) is 0.364. The second-order valence-corrected chi connectivity index (χ2v) is 6.96. The van der Waals surface area contributed by atoms with Crippen LogP contribution < -0.4 is 25.3 Å². The van der Waals surface area contributed by atoms with Crippen LogP contribution in [0.1, 0.15) is 15.9 Å². The third kappa shape index (κ3) is 5.87. The lowest BCUT2D eigenvalue weighted by Gasteiger charge is -2.27. The number of nitrogens with zero attached hydrogens (tertiary/aromatic N) is 1. The lowest BCUT2D eigenvalue weighted by molar-refractivity contribution is -0.120. The molecule has 0 saturated carbocycles. The maximum atomic E-state index is 13.0. The van der Waals surface area contributed by atoms with Crippen molar-refractivity contribution in [2.24, 2.45) is 5.73 Å². The molecule has 1 aliphatic heterocycles. The lowest BCUT2D eigenvalue weighted by atomic mass is 10.1. The summed E-state index contributed by atoms with van der Waals surface area (Å²) in [6.45, 7) is 3.49. The van der Waals surface area contributed by atoms with Gasteiger partial charge in [0.2, 0.25) is 5.75 Å². The van der Waals surface area contributed by atoms with E-state index < -0.39 is 5.91 Å². The number of carbonyl (C=O) groups is 2. The van der Waals surface area contributed by atoms with Crippen LogP contribution in [0.5, 0.6) is 17.2 Å². The third-order valence-corrected chi connectivity index (χ3v) is 4.84. The summed E-state index contributed by atoms with van der Waals surface area (Å²) in [5.41, 5.74) is 7.21. The van der Waals surface area contributed by atoms with Crippen molar-refractivity contribution < 1.29 is 28.5 Å². The van der Waals surface area contributed by atoms with Crippen molar-refractivity contribution in [2.45, 2.75) is 6.54 Å². The number of rotatable bonds is 9. The van der Waals surface area contributed by atoms with E-state index >= 15 is 0 Å². The number of hydrogen-bond acceptors (Lipinski definition) is 7. The van der Waals surface area contributed by atoms with Gasteiger partial charge in [-0.15, -0.1) is 0 Å². The highest BCUT2D eigenvalue weighted by molar-refractivity contribution is 6.05. The zero-order chi connectivity index (χ0) is 22.2. The minimum absolute atomic E-state index is 0.202.